The average Bonchev–Trinajstić information content (AvgIpc) is 3.09. The largest absolute Gasteiger partial charge is 0.445 e. The summed E-state index contributed by atoms with van der Waals surface area (Å²) in [5.74, 6) is 0.539. The fourth-order valence-corrected chi connectivity index (χ4v) is 9.49. The molecule has 0 aromatic carbocycles. The quantitative estimate of drug-likeness (QED) is 0.655. The Morgan fingerprint density at radius 2 is 2.00 bits per heavy atom. The van der Waals surface area contributed by atoms with Gasteiger partial charge in [0.15, 0.2) is 0 Å². The maximum atomic E-state index is 13.4. The van der Waals surface area contributed by atoms with E-state index in [2.05, 4.69) is 31.0 Å². The van der Waals surface area contributed by atoms with Crippen molar-refractivity contribution in [2.45, 2.75) is 84.3 Å². The molecule has 6 rings (SSSR count). The van der Waals surface area contributed by atoms with E-state index in [0.29, 0.717) is 30.5 Å². The second-order valence-electron chi connectivity index (χ2n) is 12.9. The molecule has 4 saturated carbocycles. The number of carbonyl (C=O) groups excluding carboxylic acids is 3. The van der Waals surface area contributed by atoms with Crippen molar-refractivity contribution >= 4 is 17.8 Å². The molecule has 11 atom stereocenters. The first kappa shape index (κ1) is 23.0. The van der Waals surface area contributed by atoms with Gasteiger partial charge in [0, 0.05) is 30.8 Å². The minimum atomic E-state index is -0.670. The molecule has 188 valence electrons. The van der Waals surface area contributed by atoms with Crippen molar-refractivity contribution in [1.29, 1.82) is 0 Å². The lowest BCUT2D eigenvalue weighted by Gasteiger charge is -2.56. The predicted molar refractivity (Wildman–Crippen MR) is 125 cm³/mol. The van der Waals surface area contributed by atoms with E-state index in [0.717, 1.165) is 58.2 Å². The van der Waals surface area contributed by atoms with Crippen molar-refractivity contribution in [3.05, 3.63) is 0 Å². The minimum Gasteiger partial charge on any atom is -0.445 e. The first-order valence-electron chi connectivity index (χ1n) is 13.6. The topological polar surface area (TPSA) is 95.9 Å². The number of aliphatic hydroxyl groups is 1. The molecule has 6 fully saturated rings. The van der Waals surface area contributed by atoms with Crippen molar-refractivity contribution < 1.29 is 24.2 Å². The Bertz CT molecular complexity index is 923. The lowest BCUT2D eigenvalue weighted by atomic mass is 9.50. The van der Waals surface area contributed by atoms with Crippen LogP contribution in [0.25, 0.3) is 0 Å². The second-order valence-corrected chi connectivity index (χ2v) is 12.9. The third-order valence-electron chi connectivity index (χ3n) is 11.7. The van der Waals surface area contributed by atoms with E-state index in [4.69, 9.17) is 4.74 Å². The van der Waals surface area contributed by atoms with Crippen LogP contribution in [0.2, 0.25) is 0 Å². The highest BCUT2D eigenvalue weighted by Gasteiger charge is 2.77. The molecule has 0 aromatic rings. The summed E-state index contributed by atoms with van der Waals surface area (Å²) in [6, 6.07) is 0. The third kappa shape index (κ3) is 2.98. The van der Waals surface area contributed by atoms with Gasteiger partial charge in [-0.25, -0.2) is 4.79 Å². The molecule has 7 nitrogen and oxygen atoms in total. The molecule has 4 aliphatic carbocycles. The Kier molecular flexibility index (Phi) is 5.08. The van der Waals surface area contributed by atoms with E-state index in [-0.39, 0.29) is 34.5 Å². The van der Waals surface area contributed by atoms with Gasteiger partial charge in [0.1, 0.15) is 11.9 Å². The Morgan fingerprint density at radius 1 is 1.21 bits per heavy atom. The number of carbonyl (C=O) groups is 3. The lowest BCUT2D eigenvalue weighted by Crippen LogP contribution is -2.58. The molecule has 2 amide bonds. The van der Waals surface area contributed by atoms with Crippen LogP contribution in [0, 0.1) is 45.8 Å². The molecule has 2 heterocycles. The van der Waals surface area contributed by atoms with E-state index < -0.39 is 23.7 Å². The zero-order valence-corrected chi connectivity index (χ0v) is 20.8. The Hall–Kier alpha value is -1.47. The number of alkyl carbamates (subject to hydrolysis) is 1. The summed E-state index contributed by atoms with van der Waals surface area (Å²) in [6.45, 7) is 9.05. The number of Topliss-reactive ketones (excluding diaryl/α,β-unsaturated/α-hetero) is 1. The van der Waals surface area contributed by atoms with Gasteiger partial charge in [-0.2, -0.15) is 0 Å². The molecule has 7 heteroatoms. The van der Waals surface area contributed by atoms with Crippen molar-refractivity contribution in [2.24, 2.45) is 45.8 Å². The van der Waals surface area contributed by atoms with Crippen LogP contribution in [-0.2, 0) is 14.3 Å². The number of nitrogens with zero attached hydrogens (tertiary/aromatic N) is 1. The van der Waals surface area contributed by atoms with Crippen molar-refractivity contribution in [3.63, 3.8) is 0 Å². The molecule has 2 N–H and O–H groups in total. The normalized spacial score (nSPS) is 52.9. The molecule has 34 heavy (non-hydrogen) atoms. The van der Waals surface area contributed by atoms with Gasteiger partial charge in [0.2, 0.25) is 5.91 Å². The van der Waals surface area contributed by atoms with Gasteiger partial charge in [-0.3, -0.25) is 14.9 Å². The van der Waals surface area contributed by atoms with Gasteiger partial charge in [-0.15, -0.1) is 0 Å². The fraction of sp³-hybridized carbons (Fsp3) is 0.889. The van der Waals surface area contributed by atoms with Crippen LogP contribution < -0.4 is 5.32 Å². The van der Waals surface area contributed by atoms with E-state index in [1.54, 1.807) is 0 Å². The summed E-state index contributed by atoms with van der Waals surface area (Å²) in [5, 5.41) is 14.2. The zero-order chi connectivity index (χ0) is 24.0. The van der Waals surface area contributed by atoms with Gasteiger partial charge >= 0.3 is 6.09 Å². The molecule has 3 unspecified atom stereocenters. The summed E-state index contributed by atoms with van der Waals surface area (Å²) in [7, 11) is 0. The molecular formula is C27H40N2O5. The number of fused-ring (bicyclic) bond motifs is 2. The van der Waals surface area contributed by atoms with Crippen LogP contribution >= 0.6 is 0 Å². The molecule has 1 spiro atoms. The number of aliphatic hydroxyl groups excluding tert-OH is 1. The van der Waals surface area contributed by atoms with Gasteiger partial charge < -0.3 is 14.7 Å². The molecule has 2 aliphatic heterocycles. The van der Waals surface area contributed by atoms with Crippen molar-refractivity contribution in [1.82, 2.24) is 10.2 Å². The average molecular weight is 473 g/mol. The number of piperidine rings is 1. The SMILES string of the molecule is CC[C@]1(C)C[C@@H](OC(=O)NC(=O)[C@H]2CN3CC[C@@H]2C3)[C@]23C[C@@H]2CCC2(CCC(=O)C23)[C@@H](C)[C@@H]1O. The monoisotopic (exact) mass is 472 g/mol. The summed E-state index contributed by atoms with van der Waals surface area (Å²) in [4.78, 5) is 41.6. The summed E-state index contributed by atoms with van der Waals surface area (Å²) in [5.41, 5.74) is -0.936. The van der Waals surface area contributed by atoms with Crippen LogP contribution in [0.15, 0.2) is 0 Å². The number of amides is 2. The molecule has 4 bridgehead atoms. The highest BCUT2D eigenvalue weighted by molar-refractivity contribution is 5.93. The minimum absolute atomic E-state index is 0.0384. The number of hydrogen-bond donors (Lipinski definition) is 2. The van der Waals surface area contributed by atoms with Crippen LogP contribution in [0.4, 0.5) is 4.79 Å². The third-order valence-corrected chi connectivity index (χ3v) is 11.7. The molecule has 0 aromatic heterocycles. The molecule has 0 radical (unpaired) electrons. The second kappa shape index (κ2) is 7.52. The van der Waals surface area contributed by atoms with Crippen LogP contribution in [0.5, 0.6) is 0 Å². The van der Waals surface area contributed by atoms with Gasteiger partial charge in [0.05, 0.1) is 12.0 Å². The van der Waals surface area contributed by atoms with Gasteiger partial charge in [-0.05, 0) is 80.1 Å². The standard InChI is InChI=1S/C27H40N2O5/c1-4-25(3)12-20(34-24(33)28-23(32)18-14-29-10-7-16(18)13-29)27-11-17(27)5-8-26(15(2)22(25)31)9-6-19(30)21(26)27/h15-18,20-22,31H,4-14H2,1-3H3,(H,28,32,33)/t15-,16+,17-,18-,20+,21?,22-,25+,26?,27-/m0/s1. The van der Waals surface area contributed by atoms with Crippen LogP contribution in [-0.4, -0.2) is 59.6 Å². The smallest absolute Gasteiger partial charge is 0.414 e. The number of rotatable bonds is 3. The van der Waals surface area contributed by atoms with Gasteiger partial charge in [0.25, 0.3) is 0 Å². The highest BCUT2D eigenvalue weighted by Crippen LogP contribution is 2.77. The van der Waals surface area contributed by atoms with E-state index in [1.165, 1.54) is 0 Å². The maximum absolute atomic E-state index is 13.4. The van der Waals surface area contributed by atoms with Gasteiger partial charge in [-0.1, -0.05) is 20.8 Å². The number of ether oxygens (including phenoxy) is 1. The Balaban J connectivity index is 1.29. The van der Waals surface area contributed by atoms with E-state index in [9.17, 15) is 19.5 Å². The number of nitrogens with one attached hydrogen (secondary N) is 1. The lowest BCUT2D eigenvalue weighted by molar-refractivity contribution is -0.164. The van der Waals surface area contributed by atoms with Crippen LogP contribution in [0.1, 0.15) is 72.1 Å². The zero-order valence-electron chi connectivity index (χ0n) is 20.8. The first-order valence-corrected chi connectivity index (χ1v) is 13.6. The Morgan fingerprint density at radius 3 is 2.68 bits per heavy atom. The summed E-state index contributed by atoms with van der Waals surface area (Å²) < 4.78 is 6.15. The number of imide groups is 1. The van der Waals surface area contributed by atoms with Crippen LogP contribution in [0.3, 0.4) is 0 Å². The van der Waals surface area contributed by atoms with Crippen molar-refractivity contribution in [2.75, 3.05) is 19.6 Å². The number of hydrogen-bond acceptors (Lipinski definition) is 6. The predicted octanol–water partition coefficient (Wildman–Crippen LogP) is 3.14. The maximum Gasteiger partial charge on any atom is 0.414 e. The first-order chi connectivity index (χ1) is 16.1. The molecule has 2 saturated heterocycles. The summed E-state index contributed by atoms with van der Waals surface area (Å²) in [6.07, 6.45) is 4.96. The highest BCUT2D eigenvalue weighted by atomic mass is 16.6. The fourth-order valence-electron chi connectivity index (χ4n) is 9.49. The number of ketones is 1. The van der Waals surface area contributed by atoms with Crippen molar-refractivity contribution in [3.8, 4) is 0 Å². The van der Waals surface area contributed by atoms with E-state index >= 15 is 0 Å². The Labute approximate surface area is 202 Å². The van der Waals surface area contributed by atoms with E-state index in [1.807, 2.05) is 0 Å². The molecular weight excluding hydrogens is 432 g/mol. The summed E-state index contributed by atoms with van der Waals surface area (Å²) >= 11 is 0. The molecule has 6 aliphatic rings.